The van der Waals surface area contributed by atoms with Crippen molar-refractivity contribution in [2.24, 2.45) is 0 Å². The number of amides is 2. The van der Waals surface area contributed by atoms with Gasteiger partial charge in [-0.1, -0.05) is 6.07 Å². The number of carbonyl (C=O) groups excluding carboxylic acids is 3. The summed E-state index contributed by atoms with van der Waals surface area (Å²) >= 11 is 0. The second-order valence-corrected chi connectivity index (χ2v) is 6.59. The van der Waals surface area contributed by atoms with Crippen LogP contribution >= 0.6 is 0 Å². The second-order valence-electron chi connectivity index (χ2n) is 6.59. The molecule has 0 bridgehead atoms. The first kappa shape index (κ1) is 18.9. The Hall–Kier alpha value is -2.87. The highest BCUT2D eigenvalue weighted by atomic mass is 16.5. The van der Waals surface area contributed by atoms with E-state index in [1.54, 1.807) is 4.90 Å². The third-order valence-electron chi connectivity index (χ3n) is 4.73. The van der Waals surface area contributed by atoms with E-state index in [4.69, 9.17) is 9.84 Å². The smallest absolute Gasteiger partial charge is 0.337 e. The molecule has 0 spiro atoms. The first-order chi connectivity index (χ1) is 13.0. The largest absolute Gasteiger partial charge is 0.466 e. The number of aryl methyl sites for hydroxylation is 1. The summed E-state index contributed by atoms with van der Waals surface area (Å²) in [5.41, 5.74) is 2.53. The molecule has 0 saturated carbocycles. The molecule has 2 heterocycles. The molecule has 1 aromatic rings. The Labute approximate surface area is 157 Å². The number of nitrogens with zero attached hydrogens (tertiary/aromatic N) is 2. The van der Waals surface area contributed by atoms with Gasteiger partial charge in [-0.05, 0) is 31.0 Å². The van der Waals surface area contributed by atoms with Crippen LogP contribution in [0.3, 0.4) is 0 Å². The van der Waals surface area contributed by atoms with Gasteiger partial charge in [0.15, 0.2) is 0 Å². The Bertz CT molecular complexity index is 818. The van der Waals surface area contributed by atoms with Crippen LogP contribution in [-0.2, 0) is 19.1 Å². The van der Waals surface area contributed by atoms with E-state index in [0.717, 1.165) is 12.0 Å². The van der Waals surface area contributed by atoms with Crippen LogP contribution in [0.15, 0.2) is 29.5 Å². The number of methoxy groups -OCH3 is 1. The average Bonchev–Trinajstić information content (AvgIpc) is 3.20. The molecule has 144 valence electrons. The van der Waals surface area contributed by atoms with Gasteiger partial charge in [-0.15, -0.1) is 0 Å². The molecule has 0 aliphatic carbocycles. The van der Waals surface area contributed by atoms with Gasteiger partial charge >= 0.3 is 5.97 Å². The van der Waals surface area contributed by atoms with Crippen LogP contribution in [0.2, 0.25) is 0 Å². The standard InChI is InChI=1S/C19H23N3O5/c1-12-5-6-15(22-7-3-4-16(22)24)14(10-12)20-17-13(19(26)27-2)11-21(8-9-23)18(17)25/h5-6,10,20,23H,3-4,7-9,11H2,1-2H3. The minimum Gasteiger partial charge on any atom is -0.466 e. The van der Waals surface area contributed by atoms with E-state index in [-0.39, 0.29) is 42.8 Å². The topological polar surface area (TPSA) is 99.2 Å². The summed E-state index contributed by atoms with van der Waals surface area (Å²) < 4.78 is 4.80. The van der Waals surface area contributed by atoms with Crippen LogP contribution in [0, 0.1) is 6.92 Å². The fraction of sp³-hybridized carbons (Fsp3) is 0.421. The highest BCUT2D eigenvalue weighted by molar-refractivity contribution is 6.09. The number of carbonyl (C=O) groups is 3. The predicted molar refractivity (Wildman–Crippen MR) is 99.1 cm³/mol. The average molecular weight is 373 g/mol. The van der Waals surface area contributed by atoms with Gasteiger partial charge in [-0.2, -0.15) is 0 Å². The minimum atomic E-state index is -0.599. The maximum absolute atomic E-state index is 12.7. The fourth-order valence-electron chi connectivity index (χ4n) is 3.37. The molecule has 2 aliphatic heterocycles. The van der Waals surface area contributed by atoms with Gasteiger partial charge in [-0.25, -0.2) is 4.79 Å². The molecule has 8 heteroatoms. The lowest BCUT2D eigenvalue weighted by Gasteiger charge is -2.22. The normalized spacial score (nSPS) is 17.1. The number of aliphatic hydroxyl groups excluding tert-OH is 1. The van der Waals surface area contributed by atoms with Crippen molar-refractivity contribution in [3.63, 3.8) is 0 Å². The first-order valence-corrected chi connectivity index (χ1v) is 8.86. The molecular weight excluding hydrogens is 350 g/mol. The number of aliphatic hydroxyl groups is 1. The van der Waals surface area contributed by atoms with Crippen molar-refractivity contribution in [2.45, 2.75) is 19.8 Å². The molecule has 0 atom stereocenters. The number of anilines is 2. The molecule has 0 radical (unpaired) electrons. The lowest BCUT2D eigenvalue weighted by molar-refractivity contribution is -0.136. The number of rotatable bonds is 6. The van der Waals surface area contributed by atoms with E-state index in [2.05, 4.69) is 5.32 Å². The number of β-amino-alcohol motifs (C(OH)–C–C–N with tert-alkyl or cyclic N) is 1. The lowest BCUT2D eigenvalue weighted by atomic mass is 10.1. The van der Waals surface area contributed by atoms with Crippen molar-refractivity contribution < 1.29 is 24.2 Å². The van der Waals surface area contributed by atoms with Crippen LogP contribution in [0.25, 0.3) is 0 Å². The molecule has 3 rings (SSSR count). The van der Waals surface area contributed by atoms with Crippen molar-refractivity contribution in [1.29, 1.82) is 0 Å². The van der Waals surface area contributed by atoms with E-state index >= 15 is 0 Å². The summed E-state index contributed by atoms with van der Waals surface area (Å²) in [5, 5.41) is 12.2. The Kier molecular flexibility index (Phi) is 5.46. The maximum atomic E-state index is 12.7. The van der Waals surface area contributed by atoms with Gasteiger partial charge in [0, 0.05) is 19.5 Å². The molecular formula is C19H23N3O5. The number of nitrogens with one attached hydrogen (secondary N) is 1. The van der Waals surface area contributed by atoms with E-state index in [1.165, 1.54) is 12.0 Å². The fourth-order valence-corrected chi connectivity index (χ4v) is 3.37. The third kappa shape index (κ3) is 3.66. The molecule has 2 amide bonds. The SMILES string of the molecule is COC(=O)C1=C(Nc2cc(C)ccc2N2CCCC2=O)C(=O)N(CCO)C1. The molecule has 27 heavy (non-hydrogen) atoms. The van der Waals surface area contributed by atoms with E-state index in [1.807, 2.05) is 25.1 Å². The number of hydrogen-bond donors (Lipinski definition) is 2. The molecule has 1 fully saturated rings. The number of hydrogen-bond acceptors (Lipinski definition) is 6. The number of ether oxygens (including phenoxy) is 1. The van der Waals surface area contributed by atoms with Crippen molar-refractivity contribution in [1.82, 2.24) is 4.90 Å². The molecule has 2 N–H and O–H groups in total. The monoisotopic (exact) mass is 373 g/mol. The van der Waals surface area contributed by atoms with E-state index < -0.39 is 5.97 Å². The van der Waals surface area contributed by atoms with Gasteiger partial charge in [0.2, 0.25) is 5.91 Å². The highest BCUT2D eigenvalue weighted by Crippen LogP contribution is 2.33. The third-order valence-corrected chi connectivity index (χ3v) is 4.73. The van der Waals surface area contributed by atoms with Crippen LogP contribution in [0.5, 0.6) is 0 Å². The second kappa shape index (κ2) is 7.79. The molecule has 8 nitrogen and oxygen atoms in total. The quantitative estimate of drug-likeness (QED) is 0.716. The Morgan fingerprint density at radius 3 is 2.74 bits per heavy atom. The van der Waals surface area contributed by atoms with Crippen LogP contribution in [0.1, 0.15) is 18.4 Å². The van der Waals surface area contributed by atoms with Gasteiger partial charge in [0.25, 0.3) is 5.91 Å². The lowest BCUT2D eigenvalue weighted by Crippen LogP contribution is -2.31. The van der Waals surface area contributed by atoms with Crippen molar-refractivity contribution in [3.05, 3.63) is 35.0 Å². The summed E-state index contributed by atoms with van der Waals surface area (Å²) in [4.78, 5) is 40.1. The van der Waals surface area contributed by atoms with Crippen LogP contribution in [-0.4, -0.2) is 61.1 Å². The maximum Gasteiger partial charge on any atom is 0.337 e. The van der Waals surface area contributed by atoms with Crippen LogP contribution < -0.4 is 10.2 Å². The molecule has 1 aromatic carbocycles. The van der Waals surface area contributed by atoms with Crippen molar-refractivity contribution in [3.8, 4) is 0 Å². The minimum absolute atomic E-state index is 0.0312. The molecule has 0 aromatic heterocycles. The molecule has 1 saturated heterocycles. The molecule has 2 aliphatic rings. The zero-order chi connectivity index (χ0) is 19.6. The first-order valence-electron chi connectivity index (χ1n) is 8.86. The van der Waals surface area contributed by atoms with Crippen molar-refractivity contribution >= 4 is 29.2 Å². The Morgan fingerprint density at radius 2 is 2.11 bits per heavy atom. The summed E-state index contributed by atoms with van der Waals surface area (Å²) in [5.74, 6) is -0.953. The summed E-state index contributed by atoms with van der Waals surface area (Å²) in [6.45, 7) is 2.51. The van der Waals surface area contributed by atoms with Crippen LogP contribution in [0.4, 0.5) is 11.4 Å². The zero-order valence-corrected chi connectivity index (χ0v) is 15.4. The Balaban J connectivity index is 1.99. The number of benzene rings is 1. The predicted octanol–water partition coefficient (Wildman–Crippen LogP) is 0.795. The Morgan fingerprint density at radius 1 is 1.33 bits per heavy atom. The van der Waals surface area contributed by atoms with E-state index in [0.29, 0.717) is 24.3 Å². The van der Waals surface area contributed by atoms with Gasteiger partial charge in [0.1, 0.15) is 5.70 Å². The zero-order valence-electron chi connectivity index (χ0n) is 15.4. The van der Waals surface area contributed by atoms with Gasteiger partial charge < -0.3 is 25.0 Å². The number of esters is 1. The highest BCUT2D eigenvalue weighted by Gasteiger charge is 2.35. The van der Waals surface area contributed by atoms with Gasteiger partial charge in [-0.3, -0.25) is 9.59 Å². The van der Waals surface area contributed by atoms with Gasteiger partial charge in [0.05, 0.1) is 37.2 Å². The summed E-state index contributed by atoms with van der Waals surface area (Å²) in [6.07, 6.45) is 1.28. The van der Waals surface area contributed by atoms with E-state index in [9.17, 15) is 14.4 Å². The summed E-state index contributed by atoms with van der Waals surface area (Å²) in [7, 11) is 1.26. The molecule has 0 unspecified atom stereocenters. The van der Waals surface area contributed by atoms with Crippen molar-refractivity contribution in [2.75, 3.05) is 43.6 Å². The summed E-state index contributed by atoms with van der Waals surface area (Å²) in [6, 6.07) is 5.57.